The zero-order valence-corrected chi connectivity index (χ0v) is 86.7. The second-order valence-electron chi connectivity index (χ2n) is 38.6. The van der Waals surface area contributed by atoms with Gasteiger partial charge in [-0.25, -0.2) is 4.79 Å². The van der Waals surface area contributed by atoms with Crippen LogP contribution in [0.15, 0.2) is 84.9 Å². The maximum absolute atomic E-state index is 15.1. The number of guanidine groups is 2. The molecule has 17 amide bonds. The molecule has 3 aromatic carbocycles. The van der Waals surface area contributed by atoms with Crippen molar-refractivity contribution in [1.82, 2.24) is 90.4 Å². The van der Waals surface area contributed by atoms with Gasteiger partial charge in [0.2, 0.25) is 100 Å². The number of benzene rings is 3. The van der Waals surface area contributed by atoms with Crippen LogP contribution in [0.4, 0.5) is 0 Å². The van der Waals surface area contributed by atoms with Gasteiger partial charge in [-0.15, -0.1) is 12.3 Å². The Labute approximate surface area is 866 Å². The molecule has 0 radical (unpaired) electrons. The summed E-state index contributed by atoms with van der Waals surface area (Å²) in [5.41, 5.74) is 35.2. The lowest BCUT2D eigenvalue weighted by atomic mass is 9.99. The Kier molecular flexibility index (Phi) is 61.8. The predicted molar refractivity (Wildman–Crippen MR) is 556 cm³/mol. The van der Waals surface area contributed by atoms with E-state index >= 15 is 14.4 Å². The number of rotatable bonds is 76. The van der Waals surface area contributed by atoms with Crippen molar-refractivity contribution in [2.24, 2.45) is 58.1 Å². The summed E-state index contributed by atoms with van der Waals surface area (Å²) in [7, 11) is 0. The summed E-state index contributed by atoms with van der Waals surface area (Å²) < 4.78 is 0. The fraction of sp³-hybridized carbons (Fsp3) is 0.608. The second kappa shape index (κ2) is 71.4. The van der Waals surface area contributed by atoms with Gasteiger partial charge in [-0.2, -0.15) is 0 Å². The fourth-order valence-corrected chi connectivity index (χ4v) is 15.9. The number of phenols is 1. The lowest BCUT2D eigenvalue weighted by Crippen LogP contribution is -2.62. The molecular formula is C102H163N25O21. The van der Waals surface area contributed by atoms with Crippen LogP contribution in [0, 0.1) is 46.8 Å². The van der Waals surface area contributed by atoms with Crippen LogP contribution < -0.4 is 125 Å². The van der Waals surface area contributed by atoms with Gasteiger partial charge in [0, 0.05) is 51.6 Å². The number of carboxylic acid groups (broad SMARTS) is 1. The highest BCUT2D eigenvalue weighted by Gasteiger charge is 2.40. The molecule has 46 nitrogen and oxygen atoms in total. The summed E-state index contributed by atoms with van der Waals surface area (Å²) in [6, 6.07) is -0.0407. The predicted octanol–water partition coefficient (Wildman–Crippen LogP) is -0.956. The number of aliphatic hydroxyl groups is 1. The highest BCUT2D eigenvalue weighted by atomic mass is 16.4. The topological polar surface area (TPSA) is 776 Å². The van der Waals surface area contributed by atoms with E-state index in [1.807, 2.05) is 0 Å². The highest BCUT2D eigenvalue weighted by Crippen LogP contribution is 2.20. The van der Waals surface area contributed by atoms with E-state index in [1.54, 1.807) is 116 Å². The summed E-state index contributed by atoms with van der Waals surface area (Å²) in [4.78, 5) is 255. The van der Waals surface area contributed by atoms with Crippen molar-refractivity contribution >= 4 is 118 Å². The number of nitrogens with one attached hydrogen (secondary N) is 19. The first-order chi connectivity index (χ1) is 70.3. The number of aliphatic hydroxyl groups excluding tert-OH is 1. The van der Waals surface area contributed by atoms with E-state index in [2.05, 4.69) is 96.3 Å². The molecule has 46 heteroatoms. The molecule has 0 unspecified atom stereocenters. The number of primary amides is 2. The zero-order chi connectivity index (χ0) is 110. The summed E-state index contributed by atoms with van der Waals surface area (Å²) in [5, 5.41) is 90.7. The molecule has 0 heterocycles. The first kappa shape index (κ1) is 128. The van der Waals surface area contributed by atoms with Crippen LogP contribution in [-0.4, -0.2) is 258 Å². The lowest BCUT2D eigenvalue weighted by molar-refractivity contribution is -0.142. The molecule has 14 atom stereocenters. The number of hydrogen-bond acceptors (Lipinski definition) is 24. The summed E-state index contributed by atoms with van der Waals surface area (Å²) in [6.07, 6.45) is 13.1. The average Bonchev–Trinajstić information content (AvgIpc) is 0.851. The number of amides is 17. The van der Waals surface area contributed by atoms with E-state index in [0.29, 0.717) is 42.4 Å². The number of terminal acetylenes is 1. The van der Waals surface area contributed by atoms with Crippen molar-refractivity contribution in [3.8, 4) is 18.1 Å². The molecule has 34 N–H and O–H groups in total. The first-order valence-corrected chi connectivity index (χ1v) is 51.0. The third-order valence-electron chi connectivity index (χ3n) is 23.8. The van der Waals surface area contributed by atoms with Gasteiger partial charge in [-0.1, -0.05) is 173 Å². The van der Waals surface area contributed by atoms with Crippen molar-refractivity contribution in [3.63, 3.8) is 0 Å². The Morgan fingerprint density at radius 1 is 0.331 bits per heavy atom. The third-order valence-corrected chi connectivity index (χ3v) is 23.8. The molecule has 3 aromatic rings. The minimum atomic E-state index is -1.95. The molecule has 0 saturated carbocycles. The van der Waals surface area contributed by atoms with Gasteiger partial charge in [-0.3, -0.25) is 92.3 Å². The number of nitrogens with two attached hydrogens (primary N) is 6. The summed E-state index contributed by atoms with van der Waals surface area (Å²) in [5.74, 6) is -17.7. The Hall–Kier alpha value is -14.1. The SMILES string of the molecule is C#CCCCCCCCCCCCC(=O)NCC(=O)N[C@@H](CC(C)C)C(=O)N[C@@H](Cc1ccc(O)cc1)C(=O)N[C@H](C(=O)N[C@@H](CO)C(=O)N[C@@H](CCCNC(=N)N)C(=O)N[C@@H](CC(C)C)C(=O)N[C@@H](Cc1ccccc1)C(=O)N[C@@H](CC(N)=O)C(=O)N[C@@H](CCCNC(=N)N)C(=O)N[C@@H](CC(C)C)C(=O)N[C@@H](Cc1ccccc1)C(=O)N[C@@H](CCC(N)=O)C(=O)N[C@@H](CCCCN)C(=O)N[C@@H](CCCCN)C(=O)O)C(C)C. The third kappa shape index (κ3) is 53.8. The van der Waals surface area contributed by atoms with Gasteiger partial charge in [0.15, 0.2) is 11.9 Å². The molecule has 0 aliphatic carbocycles. The maximum Gasteiger partial charge on any atom is 0.326 e. The number of carbonyl (C=O) groups is 18. The number of aliphatic carboxylic acids is 1. The molecule has 0 aliphatic rings. The van der Waals surface area contributed by atoms with E-state index in [4.69, 9.17) is 51.6 Å². The van der Waals surface area contributed by atoms with Crippen LogP contribution in [0.5, 0.6) is 5.75 Å². The normalized spacial score (nSPS) is 14.0. The Morgan fingerprint density at radius 2 is 0.655 bits per heavy atom. The average molecular weight is 2080 g/mol. The number of unbranched alkanes of at least 4 members (excludes halogenated alkanes) is 11. The van der Waals surface area contributed by atoms with Gasteiger partial charge in [0.05, 0.1) is 19.6 Å². The van der Waals surface area contributed by atoms with Crippen molar-refractivity contribution < 1.29 is 102 Å². The molecule has 0 bridgehead atoms. The monoisotopic (exact) mass is 2070 g/mol. The van der Waals surface area contributed by atoms with Crippen LogP contribution >= 0.6 is 0 Å². The molecule has 0 fully saturated rings. The van der Waals surface area contributed by atoms with Crippen molar-refractivity contribution in [1.29, 1.82) is 10.8 Å². The molecule has 0 aromatic heterocycles. The number of phenolic OH excluding ortho intramolecular Hbond substituents is 1. The molecule has 3 rings (SSSR count). The van der Waals surface area contributed by atoms with Crippen molar-refractivity contribution in [3.05, 3.63) is 102 Å². The largest absolute Gasteiger partial charge is 0.508 e. The van der Waals surface area contributed by atoms with Crippen LogP contribution in [0.3, 0.4) is 0 Å². The second-order valence-corrected chi connectivity index (χ2v) is 38.6. The van der Waals surface area contributed by atoms with Crippen molar-refractivity contribution in [2.75, 3.05) is 39.3 Å². The fourth-order valence-electron chi connectivity index (χ4n) is 15.9. The van der Waals surface area contributed by atoms with E-state index in [0.717, 1.165) is 57.8 Å². The molecule has 148 heavy (non-hydrogen) atoms. The minimum absolute atomic E-state index is 0.00741. The van der Waals surface area contributed by atoms with Crippen LogP contribution in [-0.2, 0) is 106 Å². The van der Waals surface area contributed by atoms with Crippen LogP contribution in [0.1, 0.15) is 245 Å². The zero-order valence-electron chi connectivity index (χ0n) is 86.7. The van der Waals surface area contributed by atoms with Gasteiger partial charge in [-0.05, 0) is 168 Å². The van der Waals surface area contributed by atoms with Gasteiger partial charge in [0.1, 0.15) is 90.3 Å². The summed E-state index contributed by atoms with van der Waals surface area (Å²) >= 11 is 0. The molecular weight excluding hydrogens is 1910 g/mol. The molecule has 0 spiro atoms. The number of hydrogen-bond donors (Lipinski definition) is 28. The van der Waals surface area contributed by atoms with Gasteiger partial charge >= 0.3 is 5.97 Å². The highest BCUT2D eigenvalue weighted by molar-refractivity contribution is 6.02. The molecule has 0 saturated heterocycles. The number of carboxylic acids is 1. The van der Waals surface area contributed by atoms with Crippen molar-refractivity contribution in [2.45, 2.75) is 333 Å². The van der Waals surface area contributed by atoms with E-state index < -0.39 is 247 Å². The maximum atomic E-state index is 15.1. The molecule has 0 aliphatic heterocycles. The molecule has 822 valence electrons. The van der Waals surface area contributed by atoms with Crippen LogP contribution in [0.2, 0.25) is 0 Å². The minimum Gasteiger partial charge on any atom is -0.508 e. The standard InChI is InChI=1S/C102H163N25O21/c1-10-11-12-13-14-15-16-17-18-19-26-41-84(132)113-59-85(133)114-74(52-61(2)3)91(138)124-79(57-67-42-44-68(129)45-43-67)97(144)127-86(64(8)9)99(146)126-81(60-128)98(145)117-71(40-32-51-112-102(109)110)89(136)121-76(54-63(6)7)93(140)123-78(56-66-35-24-21-25-36-66)95(142)125-80(58-83(106)131)96(143)116-70(39-31-50-111-101(107)108)88(135)120-75(53-62(4)5)92(139)122-77(55-65-33-22-20-23-34-65)94(141)118-72(46-47-82(105)130)90(137)115-69(37-27-29-48-103)87(134)119-73(100(147)148)38-28-30-49-104/h1,20-25,33-36,42-45,61-64,69-81,86,128-129H,11-19,26-32,37-41,46-60,103-104H2,2-9H3,(H2,105,130)(H2,106,131)(H,113,132)(H,114,133)(H,115,137)(H,116,143)(H,117,145)(H,118,141)(H,119,134)(H,120,135)(H,121,136)(H,122,139)(H,123,140)(H,124,138)(H,125,142)(H,126,146)(H,127,144)(H,147,148)(H4,107,108,111)(H4,109,110,112)/t69-,70-,71-,72-,73-,74-,75-,76-,77-,78-,79-,80-,81-,86-/m0/s1. The first-order valence-electron chi connectivity index (χ1n) is 51.0. The Bertz CT molecular complexity index is 4780. The van der Waals surface area contributed by atoms with E-state index in [9.17, 15) is 87.2 Å². The van der Waals surface area contributed by atoms with Crippen LogP contribution in [0.25, 0.3) is 0 Å². The summed E-state index contributed by atoms with van der Waals surface area (Å²) in [6.45, 7) is 12.3. The lowest BCUT2D eigenvalue weighted by Gasteiger charge is -2.29. The quantitative estimate of drug-likeness (QED) is 0.0140. The number of aromatic hydroxyl groups is 1. The van der Waals surface area contributed by atoms with E-state index in [-0.39, 0.29) is 134 Å². The Morgan fingerprint density at radius 3 is 1.03 bits per heavy atom. The van der Waals surface area contributed by atoms with Gasteiger partial charge in [0.25, 0.3) is 0 Å². The Balaban J connectivity index is 2.02. The number of carbonyl (C=O) groups excluding carboxylic acids is 17. The van der Waals surface area contributed by atoms with Gasteiger partial charge < -0.3 is 140 Å². The smallest absolute Gasteiger partial charge is 0.326 e. The van der Waals surface area contributed by atoms with E-state index in [1.165, 1.54) is 24.3 Å².